The van der Waals surface area contributed by atoms with E-state index in [4.69, 9.17) is 0 Å². The number of hydrogen-bond donors (Lipinski definition) is 0. The molecule has 0 aliphatic carbocycles. The highest BCUT2D eigenvalue weighted by Crippen LogP contribution is 2.22. The minimum absolute atomic E-state index is 0.192. The Morgan fingerprint density at radius 2 is 1.87 bits per heavy atom. The van der Waals surface area contributed by atoms with Crippen LogP contribution in [0, 0.1) is 0 Å². The van der Waals surface area contributed by atoms with E-state index in [1.165, 1.54) is 5.56 Å². The minimum Gasteiger partial charge on any atom is -0.228 e. The van der Waals surface area contributed by atoms with Gasteiger partial charge in [-0.15, -0.1) is 0 Å². The fourth-order valence-electron chi connectivity index (χ4n) is 1.74. The molecule has 0 N–H and O–H groups in total. The molecule has 0 bridgehead atoms. The average molecular weight is 222 g/mol. The van der Waals surface area contributed by atoms with Gasteiger partial charge in [0.2, 0.25) is 0 Å². The third-order valence-electron chi connectivity index (χ3n) is 2.69. The maximum absolute atomic E-state index is 11.3. The second kappa shape index (κ2) is 3.81. The molecule has 0 fully saturated rings. The lowest BCUT2D eigenvalue weighted by Crippen LogP contribution is -2.02. The van der Waals surface area contributed by atoms with Crippen LogP contribution in [0.15, 0.2) is 30.3 Å². The third kappa shape index (κ3) is 2.29. The van der Waals surface area contributed by atoms with Crippen LogP contribution in [-0.4, -0.2) is 19.9 Å². The van der Waals surface area contributed by atoms with Crippen LogP contribution in [0.2, 0.25) is 0 Å². The van der Waals surface area contributed by atoms with Crippen molar-refractivity contribution in [3.63, 3.8) is 0 Å². The normalized spacial score (nSPS) is 18.9. The fourth-order valence-corrected chi connectivity index (χ4v) is 3.07. The van der Waals surface area contributed by atoms with E-state index < -0.39 is 9.84 Å². The first-order valence-electron chi connectivity index (χ1n) is 5.09. The summed E-state index contributed by atoms with van der Waals surface area (Å²) < 4.78 is 22.6. The molecule has 0 spiro atoms. The lowest BCUT2D eigenvalue weighted by molar-refractivity contribution is 0.603. The Bertz CT molecular complexity index is 481. The van der Waals surface area contributed by atoms with Crippen molar-refractivity contribution in [3.8, 4) is 0 Å². The summed E-state index contributed by atoms with van der Waals surface area (Å²) in [5, 5.41) is 0. The third-order valence-corrected chi connectivity index (χ3v) is 4.12. The van der Waals surface area contributed by atoms with E-state index in [2.05, 4.69) is 19.1 Å². The monoisotopic (exact) mass is 222 g/mol. The van der Waals surface area contributed by atoms with Crippen molar-refractivity contribution in [3.05, 3.63) is 41.5 Å². The van der Waals surface area contributed by atoms with E-state index in [1.807, 2.05) is 18.2 Å². The highest BCUT2D eigenvalue weighted by molar-refractivity contribution is 7.92. The van der Waals surface area contributed by atoms with Gasteiger partial charge in [0.15, 0.2) is 9.84 Å². The van der Waals surface area contributed by atoms with Crippen LogP contribution in [0.5, 0.6) is 0 Å². The molecule has 1 heterocycles. The van der Waals surface area contributed by atoms with E-state index in [0.29, 0.717) is 0 Å². The molecular formula is C12H14O2S. The minimum atomic E-state index is -2.85. The summed E-state index contributed by atoms with van der Waals surface area (Å²) in [6, 6.07) is 8.12. The number of hydrogen-bond acceptors (Lipinski definition) is 2. The molecule has 2 nitrogen and oxygen atoms in total. The molecule has 1 aliphatic rings. The summed E-state index contributed by atoms with van der Waals surface area (Å²) in [7, 11) is -2.85. The number of aryl methyl sites for hydroxylation is 1. The number of benzene rings is 1. The lowest BCUT2D eigenvalue weighted by atomic mass is 10.0. The van der Waals surface area contributed by atoms with Gasteiger partial charge in [-0.2, -0.15) is 0 Å². The van der Waals surface area contributed by atoms with Crippen molar-refractivity contribution >= 4 is 15.4 Å². The van der Waals surface area contributed by atoms with Gasteiger partial charge in [-0.1, -0.05) is 37.3 Å². The molecular weight excluding hydrogens is 208 g/mol. The van der Waals surface area contributed by atoms with Crippen LogP contribution >= 0.6 is 0 Å². The van der Waals surface area contributed by atoms with E-state index in [-0.39, 0.29) is 11.5 Å². The quantitative estimate of drug-likeness (QED) is 0.767. The number of sulfone groups is 1. The van der Waals surface area contributed by atoms with Crippen molar-refractivity contribution < 1.29 is 8.42 Å². The molecule has 1 aliphatic heterocycles. The van der Waals surface area contributed by atoms with E-state index in [9.17, 15) is 8.42 Å². The van der Waals surface area contributed by atoms with Crippen molar-refractivity contribution in [2.45, 2.75) is 13.3 Å². The summed E-state index contributed by atoms with van der Waals surface area (Å²) in [6.07, 6.45) is 2.83. The van der Waals surface area contributed by atoms with Crippen LogP contribution in [0.1, 0.15) is 18.1 Å². The Balaban J connectivity index is 2.25. The first kappa shape index (κ1) is 10.4. The predicted octanol–water partition coefficient (Wildman–Crippen LogP) is 2.06. The van der Waals surface area contributed by atoms with Gasteiger partial charge in [0.25, 0.3) is 0 Å². The molecule has 0 radical (unpaired) electrons. The molecule has 1 aromatic rings. The zero-order valence-electron chi connectivity index (χ0n) is 8.73. The predicted molar refractivity (Wildman–Crippen MR) is 62.5 cm³/mol. The molecule has 15 heavy (non-hydrogen) atoms. The molecule has 1 aromatic carbocycles. The molecule has 0 aromatic heterocycles. The van der Waals surface area contributed by atoms with Crippen LogP contribution in [-0.2, 0) is 16.3 Å². The maximum Gasteiger partial charge on any atom is 0.158 e. The smallest absolute Gasteiger partial charge is 0.158 e. The second-order valence-electron chi connectivity index (χ2n) is 3.83. The summed E-state index contributed by atoms with van der Waals surface area (Å²) in [6.45, 7) is 2.11. The molecule has 0 saturated carbocycles. The summed E-state index contributed by atoms with van der Waals surface area (Å²) >= 11 is 0. The molecule has 0 saturated heterocycles. The Labute approximate surface area is 90.6 Å². The highest BCUT2D eigenvalue weighted by Gasteiger charge is 2.20. The van der Waals surface area contributed by atoms with Crippen molar-refractivity contribution in [2.24, 2.45) is 0 Å². The average Bonchev–Trinajstić information content (AvgIpc) is 2.59. The molecule has 3 heteroatoms. The Kier molecular flexibility index (Phi) is 2.65. The standard InChI is InChI=1S/C12H14O2S/c1-2-10-3-5-11(6-4-10)12-7-8-15(13,14)9-12/h3-7H,2,8-9H2,1H3. The van der Waals surface area contributed by atoms with Crippen molar-refractivity contribution in [1.82, 2.24) is 0 Å². The van der Waals surface area contributed by atoms with Gasteiger partial charge in [0, 0.05) is 0 Å². The lowest BCUT2D eigenvalue weighted by Gasteiger charge is -2.02. The van der Waals surface area contributed by atoms with Gasteiger partial charge in [-0.05, 0) is 23.1 Å². The van der Waals surface area contributed by atoms with Gasteiger partial charge in [0.1, 0.15) is 0 Å². The highest BCUT2D eigenvalue weighted by atomic mass is 32.2. The Hall–Kier alpha value is -1.09. The first-order valence-corrected chi connectivity index (χ1v) is 6.91. The zero-order valence-corrected chi connectivity index (χ0v) is 9.55. The molecule has 2 rings (SSSR count). The van der Waals surface area contributed by atoms with Crippen molar-refractivity contribution in [1.29, 1.82) is 0 Å². The molecule has 0 amide bonds. The largest absolute Gasteiger partial charge is 0.228 e. The maximum atomic E-state index is 11.3. The van der Waals surface area contributed by atoms with Crippen molar-refractivity contribution in [2.75, 3.05) is 11.5 Å². The SMILES string of the molecule is CCc1ccc(C2=CCS(=O)(=O)C2)cc1. The van der Waals surface area contributed by atoms with Gasteiger partial charge >= 0.3 is 0 Å². The van der Waals surface area contributed by atoms with Crippen LogP contribution in [0.25, 0.3) is 5.57 Å². The Morgan fingerprint density at radius 1 is 1.20 bits per heavy atom. The van der Waals surface area contributed by atoms with Gasteiger partial charge in [-0.3, -0.25) is 0 Å². The Morgan fingerprint density at radius 3 is 2.33 bits per heavy atom. The van der Waals surface area contributed by atoms with Crippen LogP contribution in [0.4, 0.5) is 0 Å². The van der Waals surface area contributed by atoms with Gasteiger partial charge in [0.05, 0.1) is 11.5 Å². The van der Waals surface area contributed by atoms with Gasteiger partial charge in [-0.25, -0.2) is 8.42 Å². The zero-order chi connectivity index (χ0) is 10.9. The topological polar surface area (TPSA) is 34.1 Å². The van der Waals surface area contributed by atoms with E-state index >= 15 is 0 Å². The fraction of sp³-hybridized carbons (Fsp3) is 0.333. The molecule has 0 unspecified atom stereocenters. The summed E-state index contributed by atoms with van der Waals surface area (Å²) in [5.74, 6) is 0.385. The second-order valence-corrected chi connectivity index (χ2v) is 5.94. The number of rotatable bonds is 2. The van der Waals surface area contributed by atoms with E-state index in [1.54, 1.807) is 0 Å². The van der Waals surface area contributed by atoms with Crippen LogP contribution < -0.4 is 0 Å². The van der Waals surface area contributed by atoms with Crippen LogP contribution in [0.3, 0.4) is 0 Å². The first-order chi connectivity index (χ1) is 7.11. The summed E-state index contributed by atoms with van der Waals surface area (Å²) in [5.41, 5.74) is 3.26. The molecule has 0 atom stereocenters. The van der Waals surface area contributed by atoms with Gasteiger partial charge < -0.3 is 0 Å². The van der Waals surface area contributed by atoms with E-state index in [0.717, 1.165) is 17.6 Å². The summed E-state index contributed by atoms with van der Waals surface area (Å²) in [4.78, 5) is 0. The molecule has 80 valence electrons.